The summed E-state index contributed by atoms with van der Waals surface area (Å²) < 4.78 is 40.7. The molecule has 16 heavy (non-hydrogen) atoms. The predicted molar refractivity (Wildman–Crippen MR) is 52.0 cm³/mol. The highest BCUT2D eigenvalue weighted by molar-refractivity contribution is 7.15. The van der Waals surface area contributed by atoms with E-state index in [1.54, 1.807) is 6.07 Å². The fourth-order valence-corrected chi connectivity index (χ4v) is 2.00. The van der Waals surface area contributed by atoms with Crippen LogP contribution in [0.4, 0.5) is 13.2 Å². The summed E-state index contributed by atoms with van der Waals surface area (Å²) in [5.74, 6) is -1.33. The van der Waals surface area contributed by atoms with Crippen LogP contribution < -0.4 is 0 Å². The highest BCUT2D eigenvalue weighted by atomic mass is 32.1. The van der Waals surface area contributed by atoms with Crippen LogP contribution >= 0.6 is 11.3 Å². The first-order valence-corrected chi connectivity index (χ1v) is 5.32. The van der Waals surface area contributed by atoms with Crippen LogP contribution in [-0.4, -0.2) is 10.1 Å². The Morgan fingerprint density at radius 1 is 1.38 bits per heavy atom. The molecule has 0 aromatic carbocycles. The Morgan fingerprint density at radius 3 is 2.62 bits per heavy atom. The van der Waals surface area contributed by atoms with Gasteiger partial charge in [0.2, 0.25) is 5.82 Å². The molecule has 3 nitrogen and oxygen atoms in total. The van der Waals surface area contributed by atoms with Crippen LogP contribution in [0.25, 0.3) is 10.7 Å². The van der Waals surface area contributed by atoms with Crippen LogP contribution in [0.5, 0.6) is 0 Å². The van der Waals surface area contributed by atoms with Crippen LogP contribution in [0.1, 0.15) is 17.7 Å². The van der Waals surface area contributed by atoms with Crippen molar-refractivity contribution in [3.05, 3.63) is 22.9 Å². The number of alkyl halides is 3. The molecule has 2 aromatic heterocycles. The van der Waals surface area contributed by atoms with E-state index in [0.29, 0.717) is 4.88 Å². The summed E-state index contributed by atoms with van der Waals surface area (Å²) in [6, 6.07) is 3.53. The summed E-state index contributed by atoms with van der Waals surface area (Å²) >= 11 is 1.36. The van der Waals surface area contributed by atoms with Gasteiger partial charge in [0.05, 0.1) is 4.88 Å². The Hall–Kier alpha value is -1.37. The van der Waals surface area contributed by atoms with E-state index in [-0.39, 0.29) is 5.82 Å². The highest BCUT2D eigenvalue weighted by Crippen LogP contribution is 2.31. The van der Waals surface area contributed by atoms with E-state index in [1.165, 1.54) is 11.3 Å². The number of aromatic nitrogens is 2. The maximum atomic E-state index is 12.2. The third kappa shape index (κ3) is 2.08. The molecule has 7 heteroatoms. The van der Waals surface area contributed by atoms with E-state index in [0.717, 1.165) is 11.3 Å². The molecule has 0 saturated carbocycles. The molecular formula is C9H7F3N2OS. The Labute approximate surface area is 92.9 Å². The van der Waals surface area contributed by atoms with Crippen molar-refractivity contribution in [3.8, 4) is 10.7 Å². The van der Waals surface area contributed by atoms with E-state index in [4.69, 9.17) is 0 Å². The zero-order valence-corrected chi connectivity index (χ0v) is 9.02. The summed E-state index contributed by atoms with van der Waals surface area (Å²) in [5.41, 5.74) is 0. The van der Waals surface area contributed by atoms with Crippen molar-refractivity contribution < 1.29 is 17.7 Å². The van der Waals surface area contributed by atoms with E-state index in [1.807, 2.05) is 13.0 Å². The van der Waals surface area contributed by atoms with Crippen molar-refractivity contribution in [3.63, 3.8) is 0 Å². The topological polar surface area (TPSA) is 38.9 Å². The van der Waals surface area contributed by atoms with Crippen molar-refractivity contribution in [2.75, 3.05) is 0 Å². The summed E-state index contributed by atoms with van der Waals surface area (Å²) in [5, 5.41) is 3.30. The Balaban J connectivity index is 2.31. The first kappa shape index (κ1) is 11.1. The Bertz CT molecular complexity index is 489. The second-order valence-electron chi connectivity index (χ2n) is 3.04. The van der Waals surface area contributed by atoms with Gasteiger partial charge in [0, 0.05) is 4.88 Å². The molecule has 0 amide bonds. The zero-order valence-electron chi connectivity index (χ0n) is 8.21. The SMILES string of the molecule is CCc1ccc(-c2noc(C(F)(F)F)n2)s1. The second kappa shape index (κ2) is 3.89. The van der Waals surface area contributed by atoms with Gasteiger partial charge >= 0.3 is 12.1 Å². The number of rotatable bonds is 2. The van der Waals surface area contributed by atoms with Crippen LogP contribution in [-0.2, 0) is 12.6 Å². The number of thiophene rings is 1. The number of hydrogen-bond donors (Lipinski definition) is 0. The van der Waals surface area contributed by atoms with E-state index in [9.17, 15) is 13.2 Å². The number of halogens is 3. The first-order valence-electron chi connectivity index (χ1n) is 4.50. The van der Waals surface area contributed by atoms with Crippen LogP contribution in [0, 0.1) is 0 Å². The molecule has 0 aliphatic rings. The molecule has 0 aliphatic carbocycles. The molecule has 0 atom stereocenters. The number of hydrogen-bond acceptors (Lipinski definition) is 4. The van der Waals surface area contributed by atoms with Crippen molar-refractivity contribution in [1.29, 1.82) is 0 Å². The quantitative estimate of drug-likeness (QED) is 0.817. The van der Waals surface area contributed by atoms with Gasteiger partial charge in [-0.05, 0) is 18.6 Å². The number of aryl methyl sites for hydroxylation is 1. The largest absolute Gasteiger partial charge is 0.471 e. The molecule has 86 valence electrons. The monoisotopic (exact) mass is 248 g/mol. The molecular weight excluding hydrogens is 241 g/mol. The van der Waals surface area contributed by atoms with E-state index < -0.39 is 12.1 Å². The van der Waals surface area contributed by atoms with Crippen molar-refractivity contribution in [2.24, 2.45) is 0 Å². The minimum Gasteiger partial charge on any atom is -0.329 e. The lowest BCUT2D eigenvalue weighted by molar-refractivity contribution is -0.159. The first-order chi connectivity index (χ1) is 7.50. The molecule has 2 aromatic rings. The molecule has 0 unspecified atom stereocenters. The molecule has 0 fully saturated rings. The number of nitrogens with zero attached hydrogens (tertiary/aromatic N) is 2. The minimum atomic E-state index is -4.59. The summed E-state index contributed by atoms with van der Waals surface area (Å²) in [6.07, 6.45) is -3.76. The van der Waals surface area contributed by atoms with Crippen LogP contribution in [0.3, 0.4) is 0 Å². The van der Waals surface area contributed by atoms with E-state index >= 15 is 0 Å². The lowest BCUT2D eigenvalue weighted by Gasteiger charge is -1.95. The van der Waals surface area contributed by atoms with Crippen molar-refractivity contribution in [1.82, 2.24) is 10.1 Å². The molecule has 0 spiro atoms. The smallest absolute Gasteiger partial charge is 0.329 e. The summed E-state index contributed by atoms with van der Waals surface area (Å²) in [4.78, 5) is 4.95. The van der Waals surface area contributed by atoms with E-state index in [2.05, 4.69) is 14.7 Å². The molecule has 0 saturated heterocycles. The van der Waals surface area contributed by atoms with Gasteiger partial charge < -0.3 is 4.52 Å². The molecule has 2 rings (SSSR count). The van der Waals surface area contributed by atoms with Crippen molar-refractivity contribution in [2.45, 2.75) is 19.5 Å². The third-order valence-corrected chi connectivity index (χ3v) is 3.12. The van der Waals surface area contributed by atoms with Gasteiger partial charge in [0.1, 0.15) is 0 Å². The van der Waals surface area contributed by atoms with Gasteiger partial charge in [-0.25, -0.2) is 0 Å². The molecule has 0 bridgehead atoms. The average Bonchev–Trinajstić information content (AvgIpc) is 2.85. The summed E-state index contributed by atoms with van der Waals surface area (Å²) in [7, 11) is 0. The normalized spacial score (nSPS) is 12.0. The minimum absolute atomic E-state index is 0.0166. The van der Waals surface area contributed by atoms with Crippen LogP contribution in [0.15, 0.2) is 16.7 Å². The van der Waals surface area contributed by atoms with Gasteiger partial charge in [-0.3, -0.25) is 0 Å². The lowest BCUT2D eigenvalue weighted by Crippen LogP contribution is -2.04. The maximum Gasteiger partial charge on any atom is 0.471 e. The Morgan fingerprint density at radius 2 is 2.12 bits per heavy atom. The average molecular weight is 248 g/mol. The van der Waals surface area contributed by atoms with Gasteiger partial charge in [-0.2, -0.15) is 18.2 Å². The maximum absolute atomic E-state index is 12.2. The fourth-order valence-electron chi connectivity index (χ4n) is 1.13. The predicted octanol–water partition coefficient (Wildman–Crippen LogP) is 3.38. The molecule has 2 heterocycles. The Kier molecular flexibility index (Phi) is 2.71. The molecule has 0 N–H and O–H groups in total. The molecule has 0 radical (unpaired) electrons. The molecule has 0 aliphatic heterocycles. The van der Waals surface area contributed by atoms with Gasteiger partial charge in [-0.15, -0.1) is 11.3 Å². The zero-order chi connectivity index (χ0) is 11.8. The van der Waals surface area contributed by atoms with Gasteiger partial charge in [0.25, 0.3) is 0 Å². The second-order valence-corrected chi connectivity index (χ2v) is 4.21. The van der Waals surface area contributed by atoms with Crippen LogP contribution in [0.2, 0.25) is 0 Å². The fraction of sp³-hybridized carbons (Fsp3) is 0.333. The summed E-state index contributed by atoms with van der Waals surface area (Å²) in [6.45, 7) is 1.97. The van der Waals surface area contributed by atoms with Gasteiger partial charge in [-0.1, -0.05) is 12.1 Å². The third-order valence-electron chi connectivity index (χ3n) is 1.90. The standard InChI is InChI=1S/C9H7F3N2OS/c1-2-5-3-4-6(16-5)7-13-8(15-14-7)9(10,11)12/h3-4H,2H2,1H3. The van der Waals surface area contributed by atoms with Gasteiger partial charge in [0.15, 0.2) is 0 Å². The van der Waals surface area contributed by atoms with Crippen molar-refractivity contribution >= 4 is 11.3 Å². The highest BCUT2D eigenvalue weighted by Gasteiger charge is 2.38. The lowest BCUT2D eigenvalue weighted by atomic mass is 10.3.